The maximum Gasteiger partial charge on any atom is 0.457 e. The molecule has 1 saturated heterocycles. The van der Waals surface area contributed by atoms with E-state index in [0.717, 1.165) is 0 Å². The quantitative estimate of drug-likeness (QED) is 0.636. The van der Waals surface area contributed by atoms with Crippen LogP contribution >= 0.6 is 0 Å². The molecule has 1 fully saturated rings. The summed E-state index contributed by atoms with van der Waals surface area (Å²) in [6, 6.07) is 0. The highest BCUT2D eigenvalue weighted by Gasteiger charge is 2.27. The Morgan fingerprint density at radius 1 is 1.21 bits per heavy atom. The molecule has 0 bridgehead atoms. The lowest BCUT2D eigenvalue weighted by Gasteiger charge is -2.31. The second kappa shape index (κ2) is 5.72. The van der Waals surface area contributed by atoms with Gasteiger partial charge in [0.25, 0.3) is 0 Å². The molecule has 3 nitrogen and oxygen atoms in total. The summed E-state index contributed by atoms with van der Waals surface area (Å²) in [6.45, 7) is 6.07. The molecule has 19 heavy (non-hydrogen) atoms. The Hall–Kier alpha value is -1.38. The van der Waals surface area contributed by atoms with Crippen LogP contribution in [0.3, 0.4) is 0 Å². The third-order valence-electron chi connectivity index (χ3n) is 2.56. The molecular formula is C13H18F3NO2. The largest absolute Gasteiger partial charge is 0.457 e. The van der Waals surface area contributed by atoms with E-state index in [1.54, 1.807) is 20.8 Å². The van der Waals surface area contributed by atoms with E-state index in [4.69, 9.17) is 4.74 Å². The maximum absolute atomic E-state index is 11.9. The number of hydrogen-bond donors (Lipinski definition) is 0. The lowest BCUT2D eigenvalue weighted by molar-refractivity contribution is -0.0699. The van der Waals surface area contributed by atoms with Crippen LogP contribution in [0.5, 0.6) is 0 Å². The van der Waals surface area contributed by atoms with Gasteiger partial charge in [0, 0.05) is 24.9 Å². The number of carbonyl (C=O) groups excluding carboxylic acids is 1. The summed E-state index contributed by atoms with van der Waals surface area (Å²) in [4.78, 5) is 13.2. The number of halogens is 3. The number of ether oxygens (including phenoxy) is 1. The summed E-state index contributed by atoms with van der Waals surface area (Å²) in [6.07, 6.45) is -3.97. The fourth-order valence-corrected chi connectivity index (χ4v) is 1.72. The molecule has 0 aliphatic carbocycles. The lowest BCUT2D eigenvalue weighted by atomic mass is 9.98. The molecule has 1 aliphatic rings. The minimum absolute atomic E-state index is 0.305. The van der Waals surface area contributed by atoms with Crippen molar-refractivity contribution in [2.24, 2.45) is 5.92 Å². The molecule has 1 heterocycles. The van der Waals surface area contributed by atoms with Crippen molar-refractivity contribution in [1.82, 2.24) is 4.90 Å². The van der Waals surface area contributed by atoms with Crippen molar-refractivity contribution in [1.29, 1.82) is 0 Å². The Bertz CT molecular complexity index is 379. The molecule has 6 heteroatoms. The molecule has 108 valence electrons. The zero-order valence-corrected chi connectivity index (χ0v) is 11.3. The minimum atomic E-state index is -4.44. The monoisotopic (exact) mass is 277 g/mol. The summed E-state index contributed by atoms with van der Waals surface area (Å²) in [7, 11) is 0. The van der Waals surface area contributed by atoms with Gasteiger partial charge in [-0.2, -0.15) is 13.2 Å². The molecule has 1 rings (SSSR count). The zero-order valence-electron chi connectivity index (χ0n) is 11.3. The smallest absolute Gasteiger partial charge is 0.444 e. The van der Waals surface area contributed by atoms with Crippen molar-refractivity contribution >= 4 is 6.09 Å². The van der Waals surface area contributed by atoms with Crippen molar-refractivity contribution in [3.8, 4) is 11.8 Å². The van der Waals surface area contributed by atoms with Gasteiger partial charge in [-0.1, -0.05) is 5.92 Å². The van der Waals surface area contributed by atoms with Gasteiger partial charge < -0.3 is 9.64 Å². The van der Waals surface area contributed by atoms with Gasteiger partial charge in [0.15, 0.2) is 0 Å². The third-order valence-corrected chi connectivity index (χ3v) is 2.56. The number of likely N-dealkylation sites (tertiary alicyclic amines) is 1. The Balaban J connectivity index is 2.45. The van der Waals surface area contributed by atoms with Crippen LogP contribution in [0.25, 0.3) is 0 Å². The van der Waals surface area contributed by atoms with Crippen molar-refractivity contribution in [2.75, 3.05) is 13.1 Å². The number of rotatable bonds is 0. The van der Waals surface area contributed by atoms with Crippen LogP contribution in [-0.2, 0) is 4.74 Å². The van der Waals surface area contributed by atoms with E-state index in [1.165, 1.54) is 10.8 Å². The predicted molar refractivity (Wildman–Crippen MR) is 64.4 cm³/mol. The van der Waals surface area contributed by atoms with Gasteiger partial charge in [-0.15, -0.1) is 0 Å². The minimum Gasteiger partial charge on any atom is -0.444 e. The van der Waals surface area contributed by atoms with Crippen LogP contribution in [0.1, 0.15) is 33.6 Å². The van der Waals surface area contributed by atoms with Crippen molar-refractivity contribution in [3.63, 3.8) is 0 Å². The maximum atomic E-state index is 11.9. The summed E-state index contributed by atoms with van der Waals surface area (Å²) < 4.78 is 41.0. The van der Waals surface area contributed by atoms with Crippen LogP contribution in [0, 0.1) is 17.8 Å². The lowest BCUT2D eigenvalue weighted by Crippen LogP contribution is -2.41. The second-order valence-electron chi connectivity index (χ2n) is 5.51. The molecule has 0 spiro atoms. The summed E-state index contributed by atoms with van der Waals surface area (Å²) in [5.74, 6) is 3.20. The highest BCUT2D eigenvalue weighted by atomic mass is 19.4. The number of piperidine rings is 1. The topological polar surface area (TPSA) is 29.5 Å². The van der Waals surface area contributed by atoms with Crippen LogP contribution in [0.4, 0.5) is 18.0 Å². The van der Waals surface area contributed by atoms with E-state index >= 15 is 0 Å². The number of amides is 1. The number of nitrogens with zero attached hydrogens (tertiary/aromatic N) is 1. The third kappa shape index (κ3) is 6.37. The van der Waals surface area contributed by atoms with E-state index in [0.29, 0.717) is 25.9 Å². The summed E-state index contributed by atoms with van der Waals surface area (Å²) >= 11 is 0. The molecule has 0 unspecified atom stereocenters. The molecular weight excluding hydrogens is 259 g/mol. The van der Waals surface area contributed by atoms with Crippen LogP contribution < -0.4 is 0 Å². The first-order valence-corrected chi connectivity index (χ1v) is 6.14. The molecule has 0 atom stereocenters. The summed E-state index contributed by atoms with van der Waals surface area (Å²) in [5, 5.41) is 0. The fraction of sp³-hybridized carbons (Fsp3) is 0.769. The molecule has 0 saturated carbocycles. The SMILES string of the molecule is CC(C)(C)OC(=O)N1CCC(C#CC(F)(F)F)CC1. The van der Waals surface area contributed by atoms with Crippen LogP contribution in [0.2, 0.25) is 0 Å². The molecule has 1 aliphatic heterocycles. The van der Waals surface area contributed by atoms with Crippen LogP contribution in [-0.4, -0.2) is 35.9 Å². The van der Waals surface area contributed by atoms with Gasteiger partial charge in [0.05, 0.1) is 0 Å². The molecule has 0 N–H and O–H groups in total. The van der Waals surface area contributed by atoms with Gasteiger partial charge in [-0.25, -0.2) is 4.79 Å². The fourth-order valence-electron chi connectivity index (χ4n) is 1.72. The molecule has 0 aromatic rings. The van der Waals surface area contributed by atoms with Gasteiger partial charge in [-0.3, -0.25) is 0 Å². The molecule has 0 aromatic heterocycles. The molecule has 0 aromatic carbocycles. The first-order valence-electron chi connectivity index (χ1n) is 6.14. The van der Waals surface area contributed by atoms with Gasteiger partial charge in [0.1, 0.15) is 5.60 Å². The summed E-state index contributed by atoms with van der Waals surface area (Å²) in [5.41, 5.74) is -0.565. The zero-order chi connectivity index (χ0) is 14.7. The number of hydrogen-bond acceptors (Lipinski definition) is 2. The van der Waals surface area contributed by atoms with Gasteiger partial charge in [0.2, 0.25) is 0 Å². The normalized spacial score (nSPS) is 17.7. The van der Waals surface area contributed by atoms with Gasteiger partial charge >= 0.3 is 12.3 Å². The Morgan fingerprint density at radius 3 is 2.16 bits per heavy atom. The Labute approximate surface area is 111 Å². The predicted octanol–water partition coefficient (Wildman–Crippen LogP) is 3.20. The first kappa shape index (κ1) is 15.7. The molecule has 0 radical (unpaired) electrons. The van der Waals surface area contributed by atoms with Crippen molar-refractivity contribution in [3.05, 3.63) is 0 Å². The number of alkyl halides is 3. The van der Waals surface area contributed by atoms with E-state index in [2.05, 4.69) is 5.92 Å². The van der Waals surface area contributed by atoms with Crippen LogP contribution in [0.15, 0.2) is 0 Å². The van der Waals surface area contributed by atoms with Gasteiger partial charge in [-0.05, 0) is 33.6 Å². The molecule has 1 amide bonds. The van der Waals surface area contributed by atoms with E-state index in [-0.39, 0.29) is 5.92 Å². The van der Waals surface area contributed by atoms with Crippen molar-refractivity contribution in [2.45, 2.75) is 45.4 Å². The van der Waals surface area contributed by atoms with E-state index in [1.807, 2.05) is 0 Å². The highest BCUT2D eigenvalue weighted by molar-refractivity contribution is 5.68. The average molecular weight is 277 g/mol. The highest BCUT2D eigenvalue weighted by Crippen LogP contribution is 2.20. The van der Waals surface area contributed by atoms with E-state index < -0.39 is 17.9 Å². The van der Waals surface area contributed by atoms with Crippen molar-refractivity contribution < 1.29 is 22.7 Å². The Morgan fingerprint density at radius 2 is 1.74 bits per heavy atom. The standard InChI is InChI=1S/C13H18F3NO2/c1-12(2,3)19-11(18)17-8-5-10(6-9-17)4-7-13(14,15)16/h10H,5-6,8-9H2,1-3H3. The van der Waals surface area contributed by atoms with E-state index in [9.17, 15) is 18.0 Å². The second-order valence-corrected chi connectivity index (χ2v) is 5.51. The first-order chi connectivity index (χ1) is 8.57. The Kier molecular flexibility index (Phi) is 4.72. The number of carbonyl (C=O) groups is 1. The average Bonchev–Trinajstić information content (AvgIpc) is 2.23.